The van der Waals surface area contributed by atoms with Crippen LogP contribution in [-0.2, 0) is 14.1 Å². The number of H-pyrrole nitrogens is 1. The van der Waals surface area contributed by atoms with Gasteiger partial charge in [0.05, 0.1) is 11.4 Å². The standard InChI is InChI=1S/C22H19N5O6/c1-26-9-13(7-17(26)21(30)31)23-19(28)11-3-4-15-12(5-11)6-16(25-15)20(29)24-14-8-18(22(32)33)27(2)10-14/h3-10,25H,1-2H3,(H,23,28)(H,24,29)(H,30,31)(H,32,33). The van der Waals surface area contributed by atoms with Crippen molar-refractivity contribution in [3.8, 4) is 0 Å². The van der Waals surface area contributed by atoms with Crippen molar-refractivity contribution in [3.63, 3.8) is 0 Å². The number of hydrogen-bond acceptors (Lipinski definition) is 4. The average Bonchev–Trinajstić information content (AvgIpc) is 3.43. The van der Waals surface area contributed by atoms with E-state index in [1.807, 2.05) is 0 Å². The average molecular weight is 449 g/mol. The van der Waals surface area contributed by atoms with Gasteiger partial charge < -0.3 is 35.0 Å². The Hall–Kier alpha value is -4.80. The molecular weight excluding hydrogens is 430 g/mol. The summed E-state index contributed by atoms with van der Waals surface area (Å²) in [7, 11) is 3.13. The Morgan fingerprint density at radius 3 is 1.85 bits per heavy atom. The summed E-state index contributed by atoms with van der Waals surface area (Å²) < 4.78 is 2.78. The van der Waals surface area contributed by atoms with E-state index in [1.165, 1.54) is 33.7 Å². The number of hydrogen-bond donors (Lipinski definition) is 5. The zero-order chi connectivity index (χ0) is 23.9. The summed E-state index contributed by atoms with van der Waals surface area (Å²) in [6.07, 6.45) is 2.99. The summed E-state index contributed by atoms with van der Waals surface area (Å²) in [6, 6.07) is 9.12. The molecule has 0 atom stereocenters. The highest BCUT2D eigenvalue weighted by Gasteiger charge is 2.16. The molecule has 3 heterocycles. The van der Waals surface area contributed by atoms with E-state index in [0.717, 1.165) is 0 Å². The van der Waals surface area contributed by atoms with E-state index in [4.69, 9.17) is 10.2 Å². The molecule has 5 N–H and O–H groups in total. The van der Waals surface area contributed by atoms with Gasteiger partial charge in [0.1, 0.15) is 17.1 Å². The summed E-state index contributed by atoms with van der Waals surface area (Å²) in [5, 5.41) is 24.2. The molecule has 4 rings (SSSR count). The number of aromatic nitrogens is 3. The van der Waals surface area contributed by atoms with E-state index in [0.29, 0.717) is 27.8 Å². The Balaban J connectivity index is 1.52. The van der Waals surface area contributed by atoms with Gasteiger partial charge in [-0.15, -0.1) is 0 Å². The normalized spacial score (nSPS) is 10.8. The monoisotopic (exact) mass is 449 g/mol. The summed E-state index contributed by atoms with van der Waals surface area (Å²) in [4.78, 5) is 50.5. The third-order valence-corrected chi connectivity index (χ3v) is 5.09. The van der Waals surface area contributed by atoms with Crippen LogP contribution in [0.5, 0.6) is 0 Å². The SMILES string of the molecule is Cn1cc(NC(=O)c2ccc3[nH]c(C(=O)Nc4cc(C(=O)O)n(C)c4)cc3c2)cc1C(=O)O. The zero-order valence-corrected chi connectivity index (χ0v) is 17.5. The fourth-order valence-corrected chi connectivity index (χ4v) is 3.49. The topological polar surface area (TPSA) is 158 Å². The Bertz CT molecular complexity index is 1370. The minimum Gasteiger partial charge on any atom is -0.477 e. The van der Waals surface area contributed by atoms with Crippen molar-refractivity contribution >= 4 is 46.0 Å². The number of fused-ring (bicyclic) bond motifs is 1. The summed E-state index contributed by atoms with van der Waals surface area (Å²) in [5.41, 5.74) is 1.94. The number of aromatic carboxylic acids is 2. The van der Waals surface area contributed by atoms with Gasteiger partial charge in [-0.3, -0.25) is 9.59 Å². The molecule has 0 aliphatic rings. The smallest absolute Gasteiger partial charge is 0.352 e. The maximum absolute atomic E-state index is 12.6. The first-order chi connectivity index (χ1) is 15.6. The predicted molar refractivity (Wildman–Crippen MR) is 119 cm³/mol. The first-order valence-corrected chi connectivity index (χ1v) is 9.67. The molecule has 168 valence electrons. The Morgan fingerprint density at radius 2 is 1.33 bits per heavy atom. The molecule has 2 amide bonds. The van der Waals surface area contributed by atoms with Crippen LogP contribution in [0.25, 0.3) is 10.9 Å². The number of rotatable bonds is 6. The fourth-order valence-electron chi connectivity index (χ4n) is 3.49. The Morgan fingerprint density at radius 1 is 0.788 bits per heavy atom. The van der Waals surface area contributed by atoms with Gasteiger partial charge in [0.2, 0.25) is 0 Å². The third-order valence-electron chi connectivity index (χ3n) is 5.09. The van der Waals surface area contributed by atoms with Gasteiger partial charge in [-0.25, -0.2) is 9.59 Å². The van der Waals surface area contributed by atoms with Crippen LogP contribution in [0.2, 0.25) is 0 Å². The maximum atomic E-state index is 12.6. The lowest BCUT2D eigenvalue weighted by molar-refractivity contribution is 0.0675. The number of anilines is 2. The fraction of sp³-hybridized carbons (Fsp3) is 0.0909. The summed E-state index contributed by atoms with van der Waals surface area (Å²) in [5.74, 6) is -3.11. The molecule has 0 bridgehead atoms. The zero-order valence-electron chi connectivity index (χ0n) is 17.5. The lowest BCUT2D eigenvalue weighted by Gasteiger charge is -2.03. The van der Waals surface area contributed by atoms with E-state index in [9.17, 15) is 19.2 Å². The molecule has 33 heavy (non-hydrogen) atoms. The quantitative estimate of drug-likeness (QED) is 0.304. The molecule has 0 saturated carbocycles. The lowest BCUT2D eigenvalue weighted by atomic mass is 10.1. The number of carboxylic acids is 2. The number of amides is 2. The second-order valence-corrected chi connectivity index (χ2v) is 7.45. The van der Waals surface area contributed by atoms with Crippen molar-refractivity contribution in [1.29, 1.82) is 0 Å². The van der Waals surface area contributed by atoms with Crippen LogP contribution in [0.1, 0.15) is 41.8 Å². The van der Waals surface area contributed by atoms with Crippen LogP contribution in [-0.4, -0.2) is 48.1 Å². The first-order valence-electron chi connectivity index (χ1n) is 9.67. The molecule has 0 fully saturated rings. The molecular formula is C22H19N5O6. The number of carboxylic acid groups (broad SMARTS) is 2. The van der Waals surface area contributed by atoms with Gasteiger partial charge in [0, 0.05) is 43.0 Å². The summed E-state index contributed by atoms with van der Waals surface area (Å²) in [6.45, 7) is 0. The lowest BCUT2D eigenvalue weighted by Crippen LogP contribution is -2.11. The van der Waals surface area contributed by atoms with Crippen molar-refractivity contribution in [2.24, 2.45) is 14.1 Å². The molecule has 0 saturated heterocycles. The minimum atomic E-state index is -1.11. The van der Waals surface area contributed by atoms with Crippen molar-refractivity contribution < 1.29 is 29.4 Å². The Kier molecular flexibility index (Phi) is 5.22. The van der Waals surface area contributed by atoms with Crippen LogP contribution in [0.4, 0.5) is 11.4 Å². The number of benzene rings is 1. The van der Waals surface area contributed by atoms with Crippen LogP contribution in [0.15, 0.2) is 48.8 Å². The molecule has 4 aromatic rings. The van der Waals surface area contributed by atoms with Crippen LogP contribution < -0.4 is 10.6 Å². The second-order valence-electron chi connectivity index (χ2n) is 7.45. The van der Waals surface area contributed by atoms with Gasteiger partial charge in [0.15, 0.2) is 0 Å². The molecule has 11 heteroatoms. The highest BCUT2D eigenvalue weighted by atomic mass is 16.4. The molecule has 0 radical (unpaired) electrons. The second kappa shape index (κ2) is 8.04. The van der Waals surface area contributed by atoms with E-state index in [2.05, 4.69) is 15.6 Å². The largest absolute Gasteiger partial charge is 0.477 e. The maximum Gasteiger partial charge on any atom is 0.352 e. The number of nitrogens with zero attached hydrogens (tertiary/aromatic N) is 2. The van der Waals surface area contributed by atoms with Gasteiger partial charge in [0.25, 0.3) is 11.8 Å². The van der Waals surface area contributed by atoms with Gasteiger partial charge in [-0.2, -0.15) is 0 Å². The highest BCUT2D eigenvalue weighted by Crippen LogP contribution is 2.21. The first kappa shape index (κ1) is 21.4. The molecule has 0 aliphatic carbocycles. The third kappa shape index (κ3) is 4.19. The van der Waals surface area contributed by atoms with Crippen molar-refractivity contribution in [1.82, 2.24) is 14.1 Å². The molecule has 1 aromatic carbocycles. The van der Waals surface area contributed by atoms with E-state index in [1.54, 1.807) is 38.4 Å². The molecule has 3 aromatic heterocycles. The van der Waals surface area contributed by atoms with Gasteiger partial charge >= 0.3 is 11.9 Å². The number of nitrogens with one attached hydrogen (secondary N) is 3. The van der Waals surface area contributed by atoms with Gasteiger partial charge in [-0.1, -0.05) is 0 Å². The van der Waals surface area contributed by atoms with Crippen LogP contribution >= 0.6 is 0 Å². The number of carbonyl (C=O) groups is 4. The van der Waals surface area contributed by atoms with Crippen molar-refractivity contribution in [3.05, 3.63) is 71.4 Å². The Labute approximate surface area is 186 Å². The summed E-state index contributed by atoms with van der Waals surface area (Å²) >= 11 is 0. The molecule has 0 spiro atoms. The van der Waals surface area contributed by atoms with Gasteiger partial charge in [-0.05, 0) is 36.4 Å². The molecule has 0 aliphatic heterocycles. The van der Waals surface area contributed by atoms with Crippen LogP contribution in [0, 0.1) is 0 Å². The van der Waals surface area contributed by atoms with E-state index >= 15 is 0 Å². The predicted octanol–water partition coefficient (Wildman–Crippen LogP) is 2.75. The van der Waals surface area contributed by atoms with Crippen LogP contribution in [0.3, 0.4) is 0 Å². The highest BCUT2D eigenvalue weighted by molar-refractivity contribution is 6.09. The number of aromatic amines is 1. The minimum absolute atomic E-state index is 0.0338. The molecule has 11 nitrogen and oxygen atoms in total. The van der Waals surface area contributed by atoms with E-state index < -0.39 is 23.8 Å². The van der Waals surface area contributed by atoms with Crippen molar-refractivity contribution in [2.45, 2.75) is 0 Å². The van der Waals surface area contributed by atoms with E-state index in [-0.39, 0.29) is 17.1 Å². The van der Waals surface area contributed by atoms with Crippen molar-refractivity contribution in [2.75, 3.05) is 10.6 Å². The number of carbonyl (C=O) groups excluding carboxylic acids is 2. The molecule has 0 unspecified atom stereocenters. The number of aryl methyl sites for hydroxylation is 2.